The number of terminal acetylenes is 1. The van der Waals surface area contributed by atoms with E-state index in [1.165, 1.54) is 19.3 Å². The SMILES string of the molecule is C#C[C@H]1CCC2C3CC(=O)C4CC(=O)CC[C@]4(C)C3CC[C@@]21C. The van der Waals surface area contributed by atoms with Gasteiger partial charge in [-0.05, 0) is 60.7 Å². The van der Waals surface area contributed by atoms with E-state index < -0.39 is 0 Å². The number of hydrogen-bond acceptors (Lipinski definition) is 2. The first-order valence-corrected chi connectivity index (χ1v) is 9.40. The molecule has 0 saturated heterocycles. The molecule has 0 radical (unpaired) electrons. The summed E-state index contributed by atoms with van der Waals surface area (Å²) < 4.78 is 0. The van der Waals surface area contributed by atoms with E-state index >= 15 is 0 Å². The minimum Gasteiger partial charge on any atom is -0.300 e. The molecule has 0 heterocycles. The number of fused-ring (bicyclic) bond motifs is 5. The summed E-state index contributed by atoms with van der Waals surface area (Å²) in [6.07, 6.45) is 13.4. The highest BCUT2D eigenvalue weighted by Crippen LogP contribution is 2.66. The van der Waals surface area contributed by atoms with Crippen LogP contribution in [0.15, 0.2) is 0 Å². The van der Waals surface area contributed by atoms with Gasteiger partial charge in [-0.1, -0.05) is 13.8 Å². The lowest BCUT2D eigenvalue weighted by Gasteiger charge is -2.59. The Morgan fingerprint density at radius 3 is 2.48 bits per heavy atom. The van der Waals surface area contributed by atoms with Crippen LogP contribution < -0.4 is 0 Å². The van der Waals surface area contributed by atoms with Crippen molar-refractivity contribution < 1.29 is 9.59 Å². The molecule has 23 heavy (non-hydrogen) atoms. The van der Waals surface area contributed by atoms with Crippen LogP contribution in [0.2, 0.25) is 0 Å². The summed E-state index contributed by atoms with van der Waals surface area (Å²) in [7, 11) is 0. The maximum absolute atomic E-state index is 12.9. The van der Waals surface area contributed by atoms with Crippen LogP contribution in [-0.4, -0.2) is 11.6 Å². The van der Waals surface area contributed by atoms with Gasteiger partial charge in [0.25, 0.3) is 0 Å². The Labute approximate surface area is 139 Å². The molecule has 124 valence electrons. The summed E-state index contributed by atoms with van der Waals surface area (Å²) in [5, 5.41) is 0. The summed E-state index contributed by atoms with van der Waals surface area (Å²) in [5.41, 5.74) is 0.299. The maximum atomic E-state index is 12.9. The highest BCUT2D eigenvalue weighted by atomic mass is 16.1. The molecule has 0 aromatic carbocycles. The normalized spacial score (nSPS) is 52.3. The second kappa shape index (κ2) is 4.95. The van der Waals surface area contributed by atoms with E-state index in [1.807, 2.05) is 0 Å². The molecule has 7 atom stereocenters. The van der Waals surface area contributed by atoms with Crippen molar-refractivity contribution in [2.45, 2.75) is 65.2 Å². The monoisotopic (exact) mass is 312 g/mol. The Hall–Kier alpha value is -1.10. The van der Waals surface area contributed by atoms with E-state index in [2.05, 4.69) is 19.8 Å². The molecule has 4 unspecified atom stereocenters. The van der Waals surface area contributed by atoms with Crippen LogP contribution >= 0.6 is 0 Å². The fourth-order valence-corrected chi connectivity index (χ4v) is 7.11. The predicted molar refractivity (Wildman–Crippen MR) is 89.4 cm³/mol. The standard InChI is InChI=1S/C21H28O2/c1-4-13-5-6-16-15-12-19(23)18-11-14(22)7-9-21(18,3)17(15)8-10-20(13,16)2/h1,13,15-18H,5-12H2,2-3H3/t13-,15?,16?,17?,18?,20+,21+/m0/s1. The fourth-order valence-electron chi connectivity index (χ4n) is 7.11. The summed E-state index contributed by atoms with van der Waals surface area (Å²) in [6.45, 7) is 4.70. The minimum absolute atomic E-state index is 0.000750. The van der Waals surface area contributed by atoms with E-state index in [0.29, 0.717) is 54.5 Å². The zero-order valence-electron chi connectivity index (χ0n) is 14.4. The minimum atomic E-state index is -0.000750. The first-order valence-electron chi connectivity index (χ1n) is 9.40. The van der Waals surface area contributed by atoms with Crippen LogP contribution in [0.4, 0.5) is 0 Å². The lowest BCUT2D eigenvalue weighted by molar-refractivity contribution is -0.157. The molecule has 2 nitrogen and oxygen atoms in total. The van der Waals surface area contributed by atoms with E-state index in [1.54, 1.807) is 0 Å². The van der Waals surface area contributed by atoms with Gasteiger partial charge in [0.05, 0.1) is 0 Å². The third-order valence-corrected chi connectivity index (χ3v) is 8.48. The Kier molecular flexibility index (Phi) is 3.32. The Morgan fingerprint density at radius 1 is 1.00 bits per heavy atom. The van der Waals surface area contributed by atoms with Crippen molar-refractivity contribution in [2.75, 3.05) is 0 Å². The van der Waals surface area contributed by atoms with Crippen LogP contribution in [0.1, 0.15) is 65.2 Å². The topological polar surface area (TPSA) is 34.1 Å². The molecule has 0 bridgehead atoms. The van der Waals surface area contributed by atoms with Crippen molar-refractivity contribution in [2.24, 2.45) is 40.4 Å². The van der Waals surface area contributed by atoms with Gasteiger partial charge in [-0.25, -0.2) is 0 Å². The number of carbonyl (C=O) groups excluding carboxylic acids is 2. The molecule has 0 amide bonds. The molecule has 4 fully saturated rings. The van der Waals surface area contributed by atoms with Crippen molar-refractivity contribution in [3.8, 4) is 12.3 Å². The summed E-state index contributed by atoms with van der Waals surface area (Å²) in [6, 6.07) is 0. The zero-order valence-corrected chi connectivity index (χ0v) is 14.4. The van der Waals surface area contributed by atoms with Crippen molar-refractivity contribution in [1.29, 1.82) is 0 Å². The number of carbonyl (C=O) groups is 2. The average molecular weight is 312 g/mol. The second-order valence-corrected chi connectivity index (χ2v) is 9.19. The van der Waals surface area contributed by atoms with Crippen molar-refractivity contribution in [3.63, 3.8) is 0 Å². The molecule has 0 aliphatic heterocycles. The third kappa shape index (κ3) is 1.95. The lowest BCUT2D eigenvalue weighted by atomic mass is 9.44. The zero-order chi connectivity index (χ0) is 16.4. The number of ketones is 2. The largest absolute Gasteiger partial charge is 0.300 e. The van der Waals surface area contributed by atoms with Gasteiger partial charge < -0.3 is 0 Å². The average Bonchev–Trinajstić information content (AvgIpc) is 2.86. The van der Waals surface area contributed by atoms with Crippen molar-refractivity contribution in [1.82, 2.24) is 0 Å². The molecule has 2 heteroatoms. The van der Waals surface area contributed by atoms with Crippen molar-refractivity contribution in [3.05, 3.63) is 0 Å². The molecule has 0 aromatic heterocycles. The Morgan fingerprint density at radius 2 is 1.74 bits per heavy atom. The van der Waals surface area contributed by atoms with Crippen molar-refractivity contribution >= 4 is 11.6 Å². The van der Waals surface area contributed by atoms with Crippen LogP contribution in [0, 0.1) is 52.8 Å². The summed E-state index contributed by atoms with van der Waals surface area (Å²) in [4.78, 5) is 24.8. The highest BCUT2D eigenvalue weighted by molar-refractivity contribution is 5.90. The Bertz CT molecular complexity index is 599. The smallest absolute Gasteiger partial charge is 0.137 e. The number of Topliss-reactive ketones (excluding diaryl/α,β-unsaturated/α-hetero) is 2. The lowest BCUT2D eigenvalue weighted by Crippen LogP contribution is -2.56. The van der Waals surface area contributed by atoms with E-state index in [-0.39, 0.29) is 16.7 Å². The molecular weight excluding hydrogens is 284 g/mol. The van der Waals surface area contributed by atoms with Gasteiger partial charge in [0.2, 0.25) is 0 Å². The second-order valence-electron chi connectivity index (χ2n) is 9.19. The molecule has 4 aliphatic rings. The first kappa shape index (κ1) is 15.4. The van der Waals surface area contributed by atoms with Crippen LogP contribution in [0.3, 0.4) is 0 Å². The Balaban J connectivity index is 1.69. The van der Waals surface area contributed by atoms with Gasteiger partial charge in [0.1, 0.15) is 11.6 Å². The van der Waals surface area contributed by atoms with E-state index in [0.717, 1.165) is 12.8 Å². The van der Waals surface area contributed by atoms with E-state index in [9.17, 15) is 9.59 Å². The first-order chi connectivity index (χ1) is 10.9. The molecule has 0 spiro atoms. The van der Waals surface area contributed by atoms with Gasteiger partial charge in [-0.2, -0.15) is 0 Å². The van der Waals surface area contributed by atoms with Gasteiger partial charge in [-0.3, -0.25) is 9.59 Å². The summed E-state index contributed by atoms with van der Waals surface area (Å²) in [5.74, 6) is 5.85. The molecule has 4 aliphatic carbocycles. The maximum Gasteiger partial charge on any atom is 0.137 e. The molecule has 4 saturated carbocycles. The molecule has 0 N–H and O–H groups in total. The quantitative estimate of drug-likeness (QED) is 0.633. The van der Waals surface area contributed by atoms with Crippen LogP contribution in [0.25, 0.3) is 0 Å². The third-order valence-electron chi connectivity index (χ3n) is 8.48. The molecule has 0 aromatic rings. The number of hydrogen-bond donors (Lipinski definition) is 0. The van der Waals surface area contributed by atoms with Crippen LogP contribution in [0.5, 0.6) is 0 Å². The molecular formula is C21H28O2. The summed E-state index contributed by atoms with van der Waals surface area (Å²) >= 11 is 0. The van der Waals surface area contributed by atoms with Gasteiger partial charge >= 0.3 is 0 Å². The van der Waals surface area contributed by atoms with Gasteiger partial charge in [0, 0.05) is 31.1 Å². The highest BCUT2D eigenvalue weighted by Gasteiger charge is 2.61. The fraction of sp³-hybridized carbons (Fsp3) is 0.810. The van der Waals surface area contributed by atoms with E-state index in [4.69, 9.17) is 6.42 Å². The molecule has 4 rings (SSSR count). The van der Waals surface area contributed by atoms with Gasteiger partial charge in [0.15, 0.2) is 0 Å². The predicted octanol–water partition coefficient (Wildman–Crippen LogP) is 4.03. The number of rotatable bonds is 0. The van der Waals surface area contributed by atoms with Crippen LogP contribution in [-0.2, 0) is 9.59 Å². The van der Waals surface area contributed by atoms with Gasteiger partial charge in [-0.15, -0.1) is 12.3 Å².